The van der Waals surface area contributed by atoms with Crippen LogP contribution in [0.5, 0.6) is 5.75 Å². The molecule has 0 aromatic heterocycles. The summed E-state index contributed by atoms with van der Waals surface area (Å²) in [6.45, 7) is 6.43. The molecule has 0 fully saturated rings. The van der Waals surface area contributed by atoms with Crippen LogP contribution in [-0.2, 0) is 0 Å². The van der Waals surface area contributed by atoms with Crippen LogP contribution in [0.25, 0.3) is 0 Å². The molecule has 0 heterocycles. The van der Waals surface area contributed by atoms with Crippen LogP contribution in [0.2, 0.25) is 24.7 Å². The Kier molecular flexibility index (Phi) is 3.65. The van der Waals surface area contributed by atoms with Crippen LogP contribution in [0.3, 0.4) is 0 Å². The van der Waals surface area contributed by atoms with Crippen LogP contribution in [0.4, 0.5) is 0 Å². The molecule has 4 heteroatoms. The Hall–Kier alpha value is 0.257. The zero-order valence-electron chi connectivity index (χ0n) is 7.90. The van der Waals surface area contributed by atoms with Gasteiger partial charge in [-0.2, -0.15) is 0 Å². The Morgan fingerprint density at radius 2 is 1.92 bits per heavy atom. The maximum Gasteiger partial charge on any atom is 0.242 e. The summed E-state index contributed by atoms with van der Waals surface area (Å²) < 4.78 is 6.96. The van der Waals surface area contributed by atoms with Gasteiger partial charge in [-0.1, -0.05) is 11.6 Å². The van der Waals surface area contributed by atoms with Gasteiger partial charge in [0.15, 0.2) is 0 Å². The lowest BCUT2D eigenvalue weighted by Crippen LogP contribution is -2.29. The van der Waals surface area contributed by atoms with E-state index in [0.29, 0.717) is 5.02 Å². The summed E-state index contributed by atoms with van der Waals surface area (Å²) in [6, 6.07) is 5.82. The molecule has 72 valence electrons. The van der Waals surface area contributed by atoms with Crippen molar-refractivity contribution in [2.75, 3.05) is 0 Å². The second-order valence-electron chi connectivity index (χ2n) is 3.79. The van der Waals surface area contributed by atoms with Crippen LogP contribution in [-0.4, -0.2) is 8.32 Å². The van der Waals surface area contributed by atoms with E-state index in [1.807, 2.05) is 18.2 Å². The standard InChI is InChI=1S/C9H12ClIOSi/c1-13(2,3)12-9-6-7(11)4-5-8(9)10/h4-6H,1-3H3. The average molecular weight is 327 g/mol. The first-order valence-electron chi connectivity index (χ1n) is 4.02. The van der Waals surface area contributed by atoms with Crippen molar-refractivity contribution in [2.24, 2.45) is 0 Å². The third kappa shape index (κ3) is 3.87. The molecule has 0 aliphatic carbocycles. The molecular formula is C9H12ClIOSi. The van der Waals surface area contributed by atoms with Gasteiger partial charge in [-0.3, -0.25) is 0 Å². The Morgan fingerprint density at radius 1 is 1.31 bits per heavy atom. The number of benzene rings is 1. The summed E-state index contributed by atoms with van der Waals surface area (Å²) in [7, 11) is -1.54. The van der Waals surface area contributed by atoms with E-state index in [1.165, 1.54) is 0 Å². The molecule has 1 rings (SSSR count). The minimum Gasteiger partial charge on any atom is -0.543 e. The highest BCUT2D eigenvalue weighted by Crippen LogP contribution is 2.28. The van der Waals surface area contributed by atoms with Gasteiger partial charge in [-0.05, 0) is 60.4 Å². The first-order chi connectivity index (χ1) is 5.88. The van der Waals surface area contributed by atoms with Crippen molar-refractivity contribution < 1.29 is 4.43 Å². The highest BCUT2D eigenvalue weighted by atomic mass is 127. The highest BCUT2D eigenvalue weighted by Gasteiger charge is 2.17. The number of halogens is 2. The van der Waals surface area contributed by atoms with Crippen molar-refractivity contribution in [2.45, 2.75) is 19.6 Å². The Morgan fingerprint density at radius 3 is 2.46 bits per heavy atom. The lowest BCUT2D eigenvalue weighted by atomic mass is 10.3. The zero-order chi connectivity index (χ0) is 10.1. The summed E-state index contributed by atoms with van der Waals surface area (Å²) in [5.41, 5.74) is 0. The van der Waals surface area contributed by atoms with E-state index in [4.69, 9.17) is 16.0 Å². The molecule has 0 radical (unpaired) electrons. The average Bonchev–Trinajstić information content (AvgIpc) is 1.94. The molecule has 0 saturated carbocycles. The maximum absolute atomic E-state index is 6.00. The van der Waals surface area contributed by atoms with Gasteiger partial charge in [0.05, 0.1) is 5.02 Å². The van der Waals surface area contributed by atoms with Crippen molar-refractivity contribution >= 4 is 42.5 Å². The zero-order valence-corrected chi connectivity index (χ0v) is 11.8. The molecule has 0 N–H and O–H groups in total. The van der Waals surface area contributed by atoms with E-state index in [9.17, 15) is 0 Å². The molecular weight excluding hydrogens is 315 g/mol. The lowest BCUT2D eigenvalue weighted by Gasteiger charge is -2.20. The lowest BCUT2D eigenvalue weighted by molar-refractivity contribution is 0.557. The van der Waals surface area contributed by atoms with E-state index < -0.39 is 8.32 Å². The van der Waals surface area contributed by atoms with E-state index in [1.54, 1.807) is 0 Å². The molecule has 0 atom stereocenters. The monoisotopic (exact) mass is 326 g/mol. The Balaban J connectivity index is 2.94. The Bertz CT molecular complexity index is 309. The van der Waals surface area contributed by atoms with Crippen LogP contribution in [0.15, 0.2) is 18.2 Å². The minimum absolute atomic E-state index is 0.697. The van der Waals surface area contributed by atoms with Crippen molar-refractivity contribution in [3.8, 4) is 5.75 Å². The normalized spacial score (nSPS) is 11.5. The molecule has 13 heavy (non-hydrogen) atoms. The molecule has 0 aliphatic rings. The first-order valence-corrected chi connectivity index (χ1v) is 8.89. The minimum atomic E-state index is -1.54. The van der Waals surface area contributed by atoms with E-state index in [-0.39, 0.29) is 0 Å². The molecule has 1 aromatic rings. The fraction of sp³-hybridized carbons (Fsp3) is 0.333. The maximum atomic E-state index is 6.00. The first kappa shape index (κ1) is 11.3. The van der Waals surface area contributed by atoms with Gasteiger partial charge >= 0.3 is 0 Å². The fourth-order valence-corrected chi connectivity index (χ4v) is 2.40. The van der Waals surface area contributed by atoms with Crippen molar-refractivity contribution in [3.63, 3.8) is 0 Å². The highest BCUT2D eigenvalue weighted by molar-refractivity contribution is 14.1. The molecule has 0 aliphatic heterocycles. The van der Waals surface area contributed by atoms with Crippen molar-refractivity contribution in [1.82, 2.24) is 0 Å². The quantitative estimate of drug-likeness (QED) is 0.586. The summed E-state index contributed by atoms with van der Waals surface area (Å²) in [6.07, 6.45) is 0. The predicted molar refractivity (Wildman–Crippen MR) is 68.1 cm³/mol. The van der Waals surface area contributed by atoms with Gasteiger partial charge in [0.2, 0.25) is 8.32 Å². The Labute approximate surface area is 98.7 Å². The number of hydrogen-bond acceptors (Lipinski definition) is 1. The largest absolute Gasteiger partial charge is 0.543 e. The van der Waals surface area contributed by atoms with Crippen LogP contribution >= 0.6 is 34.2 Å². The van der Waals surface area contributed by atoms with E-state index in [0.717, 1.165) is 9.32 Å². The van der Waals surface area contributed by atoms with Crippen LogP contribution in [0.1, 0.15) is 0 Å². The summed E-state index contributed by atoms with van der Waals surface area (Å²) in [5, 5.41) is 0.697. The van der Waals surface area contributed by atoms with Crippen molar-refractivity contribution in [3.05, 3.63) is 26.8 Å². The van der Waals surface area contributed by atoms with Crippen molar-refractivity contribution in [1.29, 1.82) is 0 Å². The fourth-order valence-electron chi connectivity index (χ4n) is 0.885. The van der Waals surface area contributed by atoms with Gasteiger partial charge < -0.3 is 4.43 Å². The SMILES string of the molecule is C[Si](C)(C)Oc1cc(I)ccc1Cl. The second kappa shape index (κ2) is 4.19. The van der Waals surface area contributed by atoms with Gasteiger partial charge in [0, 0.05) is 3.57 Å². The summed E-state index contributed by atoms with van der Waals surface area (Å²) >= 11 is 8.25. The summed E-state index contributed by atoms with van der Waals surface area (Å²) in [4.78, 5) is 0. The van der Waals surface area contributed by atoms with E-state index in [2.05, 4.69) is 42.2 Å². The van der Waals surface area contributed by atoms with Gasteiger partial charge in [0.25, 0.3) is 0 Å². The van der Waals surface area contributed by atoms with Crippen LogP contribution < -0.4 is 4.43 Å². The number of rotatable bonds is 2. The molecule has 0 spiro atoms. The molecule has 0 amide bonds. The third-order valence-corrected chi connectivity index (χ3v) is 3.12. The molecule has 1 aromatic carbocycles. The topological polar surface area (TPSA) is 9.23 Å². The molecule has 0 saturated heterocycles. The van der Waals surface area contributed by atoms with Gasteiger partial charge in [-0.15, -0.1) is 0 Å². The third-order valence-electron chi connectivity index (χ3n) is 1.31. The predicted octanol–water partition coefficient (Wildman–Crippen LogP) is 4.16. The van der Waals surface area contributed by atoms with Crippen LogP contribution in [0, 0.1) is 3.57 Å². The van der Waals surface area contributed by atoms with E-state index >= 15 is 0 Å². The van der Waals surface area contributed by atoms with Gasteiger partial charge in [0.1, 0.15) is 5.75 Å². The van der Waals surface area contributed by atoms with Gasteiger partial charge in [-0.25, -0.2) is 0 Å². The molecule has 0 bridgehead atoms. The smallest absolute Gasteiger partial charge is 0.242 e. The molecule has 0 unspecified atom stereocenters. The molecule has 1 nitrogen and oxygen atoms in total. The second-order valence-corrected chi connectivity index (χ2v) is 9.87. The summed E-state index contributed by atoms with van der Waals surface area (Å²) in [5.74, 6) is 0.813. The number of hydrogen-bond donors (Lipinski definition) is 0.